The maximum Gasteiger partial charge on any atom is 0.355 e. The van der Waals surface area contributed by atoms with Crippen molar-refractivity contribution in [1.29, 1.82) is 0 Å². The number of carboxylic acids is 1. The zero-order chi connectivity index (χ0) is 10.1. The predicted octanol–water partition coefficient (Wildman–Crippen LogP) is 1.83. The molecule has 5 heteroatoms. The zero-order valence-electron chi connectivity index (χ0n) is 7.93. The zero-order valence-corrected chi connectivity index (χ0v) is 8.75. The van der Waals surface area contributed by atoms with E-state index in [1.165, 1.54) is 24.2 Å². The van der Waals surface area contributed by atoms with Crippen molar-refractivity contribution in [3.63, 3.8) is 0 Å². The molecule has 0 amide bonds. The van der Waals surface area contributed by atoms with Crippen molar-refractivity contribution in [2.24, 2.45) is 0 Å². The third kappa shape index (κ3) is 1.59. The van der Waals surface area contributed by atoms with Crippen molar-refractivity contribution < 1.29 is 9.90 Å². The Morgan fingerprint density at radius 1 is 1.79 bits per heavy atom. The summed E-state index contributed by atoms with van der Waals surface area (Å²) in [5.74, 6) is -0.945. The van der Waals surface area contributed by atoms with Crippen LogP contribution in [-0.4, -0.2) is 28.6 Å². The minimum Gasteiger partial charge on any atom is -0.476 e. The van der Waals surface area contributed by atoms with Crippen molar-refractivity contribution in [3.05, 3.63) is 11.1 Å². The number of aromatic carboxylic acids is 1. The van der Waals surface area contributed by atoms with Crippen LogP contribution in [0.1, 0.15) is 30.3 Å². The summed E-state index contributed by atoms with van der Waals surface area (Å²) >= 11 is 1.41. The second kappa shape index (κ2) is 3.57. The highest BCUT2D eigenvalue weighted by molar-refractivity contribution is 7.13. The van der Waals surface area contributed by atoms with Crippen LogP contribution in [0.15, 0.2) is 5.38 Å². The first-order chi connectivity index (χ1) is 6.68. The summed E-state index contributed by atoms with van der Waals surface area (Å²) in [5, 5.41) is 11.2. The van der Waals surface area contributed by atoms with Crippen LogP contribution < -0.4 is 4.90 Å². The van der Waals surface area contributed by atoms with Crippen LogP contribution in [0, 0.1) is 0 Å². The van der Waals surface area contributed by atoms with E-state index in [1.807, 2.05) is 0 Å². The van der Waals surface area contributed by atoms with Crippen molar-refractivity contribution in [1.82, 2.24) is 4.98 Å². The summed E-state index contributed by atoms with van der Waals surface area (Å²) in [7, 11) is 0. The van der Waals surface area contributed by atoms with Crippen LogP contribution in [0.4, 0.5) is 5.13 Å². The Hall–Kier alpha value is -1.10. The van der Waals surface area contributed by atoms with Gasteiger partial charge in [0.25, 0.3) is 0 Å². The average molecular weight is 212 g/mol. The van der Waals surface area contributed by atoms with E-state index in [-0.39, 0.29) is 5.69 Å². The van der Waals surface area contributed by atoms with Crippen molar-refractivity contribution in [2.75, 3.05) is 11.4 Å². The van der Waals surface area contributed by atoms with Crippen LogP contribution in [0.3, 0.4) is 0 Å². The summed E-state index contributed by atoms with van der Waals surface area (Å²) in [6.45, 7) is 3.14. The van der Waals surface area contributed by atoms with Gasteiger partial charge in [0, 0.05) is 18.0 Å². The van der Waals surface area contributed by atoms with E-state index in [2.05, 4.69) is 16.8 Å². The Balaban J connectivity index is 2.20. The van der Waals surface area contributed by atoms with Crippen LogP contribution >= 0.6 is 11.3 Å². The van der Waals surface area contributed by atoms with Gasteiger partial charge in [-0.3, -0.25) is 0 Å². The third-order valence-corrected chi connectivity index (χ3v) is 3.39. The molecule has 1 atom stereocenters. The minimum atomic E-state index is -0.945. The lowest BCUT2D eigenvalue weighted by Crippen LogP contribution is -2.26. The highest BCUT2D eigenvalue weighted by Crippen LogP contribution is 2.28. The number of hydrogen-bond acceptors (Lipinski definition) is 4. The van der Waals surface area contributed by atoms with Crippen LogP contribution in [0.25, 0.3) is 0 Å². The molecule has 14 heavy (non-hydrogen) atoms. The molecule has 1 aliphatic rings. The molecular weight excluding hydrogens is 200 g/mol. The van der Waals surface area contributed by atoms with Gasteiger partial charge in [0.15, 0.2) is 10.8 Å². The molecule has 1 aromatic rings. The first-order valence-corrected chi connectivity index (χ1v) is 5.52. The fourth-order valence-corrected chi connectivity index (χ4v) is 2.64. The fraction of sp³-hybridized carbons (Fsp3) is 0.556. The summed E-state index contributed by atoms with van der Waals surface area (Å²) in [5.41, 5.74) is 0.157. The maximum absolute atomic E-state index is 10.6. The van der Waals surface area contributed by atoms with Gasteiger partial charge in [-0.1, -0.05) is 0 Å². The molecule has 1 N–H and O–H groups in total. The van der Waals surface area contributed by atoms with E-state index in [0.29, 0.717) is 6.04 Å². The molecule has 0 bridgehead atoms. The molecule has 0 aliphatic carbocycles. The van der Waals surface area contributed by atoms with Crippen molar-refractivity contribution in [2.45, 2.75) is 25.8 Å². The van der Waals surface area contributed by atoms with E-state index < -0.39 is 5.97 Å². The number of anilines is 1. The molecular formula is C9H12N2O2S. The molecule has 2 rings (SSSR count). The standard InChI is InChI=1S/C9H12N2O2S/c1-6-3-2-4-11(6)9-10-7(5-14-9)8(12)13/h5-6H,2-4H2,1H3,(H,12,13)/t6-/m0/s1. The quantitative estimate of drug-likeness (QED) is 0.812. The second-order valence-electron chi connectivity index (χ2n) is 3.51. The lowest BCUT2D eigenvalue weighted by Gasteiger charge is -2.19. The number of carboxylic acid groups (broad SMARTS) is 1. The molecule has 0 spiro atoms. The lowest BCUT2D eigenvalue weighted by atomic mass is 10.2. The van der Waals surface area contributed by atoms with Gasteiger partial charge in [-0.05, 0) is 19.8 Å². The van der Waals surface area contributed by atoms with Gasteiger partial charge in [-0.2, -0.15) is 0 Å². The van der Waals surface area contributed by atoms with Gasteiger partial charge in [0.05, 0.1) is 0 Å². The molecule has 0 aromatic carbocycles. The molecule has 0 radical (unpaired) electrons. The van der Waals surface area contributed by atoms with Crippen molar-refractivity contribution in [3.8, 4) is 0 Å². The monoisotopic (exact) mass is 212 g/mol. The fourth-order valence-electron chi connectivity index (χ4n) is 1.71. The maximum atomic E-state index is 10.6. The summed E-state index contributed by atoms with van der Waals surface area (Å²) < 4.78 is 0. The number of aromatic nitrogens is 1. The Kier molecular flexibility index (Phi) is 2.41. The average Bonchev–Trinajstić information content (AvgIpc) is 2.71. The molecule has 1 saturated heterocycles. The van der Waals surface area contributed by atoms with Crippen LogP contribution in [0.5, 0.6) is 0 Å². The SMILES string of the molecule is C[C@H]1CCCN1c1nc(C(=O)O)cs1. The van der Waals surface area contributed by atoms with Gasteiger partial charge in [0.2, 0.25) is 0 Å². The van der Waals surface area contributed by atoms with Gasteiger partial charge < -0.3 is 10.0 Å². The Labute approximate surface area is 86.2 Å². The van der Waals surface area contributed by atoms with Gasteiger partial charge >= 0.3 is 5.97 Å². The lowest BCUT2D eigenvalue weighted by molar-refractivity contribution is 0.0691. The van der Waals surface area contributed by atoms with E-state index in [9.17, 15) is 4.79 Å². The smallest absolute Gasteiger partial charge is 0.355 e. The van der Waals surface area contributed by atoms with Gasteiger partial charge in [0.1, 0.15) is 0 Å². The van der Waals surface area contributed by atoms with Gasteiger partial charge in [-0.25, -0.2) is 9.78 Å². The predicted molar refractivity (Wildman–Crippen MR) is 55.1 cm³/mol. The molecule has 0 unspecified atom stereocenters. The van der Waals surface area contributed by atoms with E-state index >= 15 is 0 Å². The van der Waals surface area contributed by atoms with Crippen LogP contribution in [-0.2, 0) is 0 Å². The molecule has 2 heterocycles. The molecule has 4 nitrogen and oxygen atoms in total. The first-order valence-electron chi connectivity index (χ1n) is 4.64. The first kappa shape index (κ1) is 9.45. The number of rotatable bonds is 2. The topological polar surface area (TPSA) is 53.4 Å². The second-order valence-corrected chi connectivity index (χ2v) is 4.34. The number of hydrogen-bond donors (Lipinski definition) is 1. The molecule has 0 saturated carbocycles. The Morgan fingerprint density at radius 2 is 2.57 bits per heavy atom. The number of thiazole rings is 1. The van der Waals surface area contributed by atoms with E-state index in [0.717, 1.165) is 11.7 Å². The van der Waals surface area contributed by atoms with Gasteiger partial charge in [-0.15, -0.1) is 11.3 Å². The molecule has 1 aliphatic heterocycles. The molecule has 1 aromatic heterocycles. The number of carbonyl (C=O) groups is 1. The molecule has 76 valence electrons. The minimum absolute atomic E-state index is 0.157. The van der Waals surface area contributed by atoms with Crippen molar-refractivity contribution >= 4 is 22.4 Å². The Morgan fingerprint density at radius 3 is 3.07 bits per heavy atom. The number of nitrogens with zero attached hydrogens (tertiary/aromatic N) is 2. The summed E-state index contributed by atoms with van der Waals surface area (Å²) in [4.78, 5) is 16.9. The largest absolute Gasteiger partial charge is 0.476 e. The highest BCUT2D eigenvalue weighted by atomic mass is 32.1. The van der Waals surface area contributed by atoms with E-state index in [4.69, 9.17) is 5.11 Å². The molecule has 1 fully saturated rings. The van der Waals surface area contributed by atoms with Crippen LogP contribution in [0.2, 0.25) is 0 Å². The third-order valence-electron chi connectivity index (χ3n) is 2.51. The highest BCUT2D eigenvalue weighted by Gasteiger charge is 2.23. The van der Waals surface area contributed by atoms with E-state index in [1.54, 1.807) is 5.38 Å². The summed E-state index contributed by atoms with van der Waals surface area (Å²) in [6.07, 6.45) is 2.34. The Bertz CT molecular complexity index is 350. The summed E-state index contributed by atoms with van der Waals surface area (Å²) in [6, 6.07) is 0.489. The normalized spacial score (nSPS) is 21.5.